The van der Waals surface area contributed by atoms with Gasteiger partial charge in [0.05, 0.1) is 0 Å². The smallest absolute Gasteiger partial charge is 0.410 e. The van der Waals surface area contributed by atoms with Gasteiger partial charge < -0.3 is 15.4 Å². The average Bonchev–Trinajstić information content (AvgIpc) is 2.73. The number of ether oxygens (including phenoxy) is 1. The molecule has 2 aliphatic rings. The third-order valence-electron chi connectivity index (χ3n) is 5.09. The van der Waals surface area contributed by atoms with Crippen LogP contribution in [-0.4, -0.2) is 29.7 Å². The zero-order valence-electron chi connectivity index (χ0n) is 14.1. The molecule has 1 heterocycles. The number of halogens is 1. The van der Waals surface area contributed by atoms with Crippen LogP contribution < -0.4 is 5.73 Å². The van der Waals surface area contributed by atoms with E-state index in [1.165, 1.54) is 11.1 Å². The Balaban J connectivity index is 1.70. The predicted molar refractivity (Wildman–Crippen MR) is 94.2 cm³/mol. The maximum atomic E-state index is 12.2. The minimum absolute atomic E-state index is 0.0517. The van der Waals surface area contributed by atoms with Gasteiger partial charge in [-0.1, -0.05) is 28.1 Å². The Kier molecular flexibility index (Phi) is 4.21. The first-order valence-electron chi connectivity index (χ1n) is 8.23. The van der Waals surface area contributed by atoms with Gasteiger partial charge in [0, 0.05) is 23.6 Å². The van der Waals surface area contributed by atoms with Crippen molar-refractivity contribution in [2.75, 3.05) is 13.1 Å². The summed E-state index contributed by atoms with van der Waals surface area (Å²) >= 11 is 3.65. The van der Waals surface area contributed by atoms with E-state index in [1.807, 2.05) is 25.7 Å². The molecule has 1 aliphatic heterocycles. The molecule has 4 nitrogen and oxygen atoms in total. The fraction of sp³-hybridized carbons (Fsp3) is 0.611. The topological polar surface area (TPSA) is 55.6 Å². The molecule has 0 bridgehead atoms. The van der Waals surface area contributed by atoms with Crippen LogP contribution in [0.4, 0.5) is 4.79 Å². The largest absolute Gasteiger partial charge is 0.444 e. The van der Waals surface area contributed by atoms with Crippen LogP contribution in [0.3, 0.4) is 0 Å². The molecule has 5 heteroatoms. The second-order valence-corrected chi connectivity index (χ2v) is 8.65. The number of carbonyl (C=O) groups excluding carboxylic acids is 1. The van der Waals surface area contributed by atoms with Crippen LogP contribution in [0.5, 0.6) is 0 Å². The third kappa shape index (κ3) is 3.13. The number of hydrogen-bond acceptors (Lipinski definition) is 3. The first kappa shape index (κ1) is 16.8. The highest BCUT2D eigenvalue weighted by Crippen LogP contribution is 2.52. The van der Waals surface area contributed by atoms with Crippen molar-refractivity contribution in [1.29, 1.82) is 0 Å². The Bertz CT molecular complexity index is 616. The third-order valence-corrected chi connectivity index (χ3v) is 5.83. The summed E-state index contributed by atoms with van der Waals surface area (Å²) in [6, 6.07) is 6.33. The van der Waals surface area contributed by atoms with Gasteiger partial charge in [-0.05, 0) is 62.6 Å². The van der Waals surface area contributed by atoms with Crippen molar-refractivity contribution in [1.82, 2.24) is 4.90 Å². The summed E-state index contributed by atoms with van der Waals surface area (Å²) in [5, 5.41) is 0. The number of nitrogens with two attached hydrogens (primary N) is 1. The zero-order chi connectivity index (χ0) is 16.8. The van der Waals surface area contributed by atoms with E-state index in [4.69, 9.17) is 10.5 Å². The number of hydrogen-bond donors (Lipinski definition) is 1. The van der Waals surface area contributed by atoms with Crippen molar-refractivity contribution in [3.8, 4) is 0 Å². The Labute approximate surface area is 146 Å². The van der Waals surface area contributed by atoms with Crippen LogP contribution in [-0.2, 0) is 11.2 Å². The lowest BCUT2D eigenvalue weighted by molar-refractivity contribution is 0.00796. The quantitative estimate of drug-likeness (QED) is 0.739. The molecular weight excluding hydrogens is 356 g/mol. The first-order valence-corrected chi connectivity index (χ1v) is 9.02. The lowest BCUT2D eigenvalue weighted by Gasteiger charge is -2.42. The SMILES string of the molecule is CC(C)(C)OC(=O)N1CCC2(CC1)Cc1c(Br)cccc1C2N. The van der Waals surface area contributed by atoms with Gasteiger partial charge in [-0.2, -0.15) is 0 Å². The van der Waals surface area contributed by atoms with Gasteiger partial charge in [0.1, 0.15) is 5.60 Å². The van der Waals surface area contributed by atoms with Crippen LogP contribution in [0, 0.1) is 5.41 Å². The van der Waals surface area contributed by atoms with Crippen molar-refractivity contribution in [3.05, 3.63) is 33.8 Å². The molecule has 0 aromatic heterocycles. The van der Waals surface area contributed by atoms with E-state index in [2.05, 4.69) is 34.1 Å². The standard InChI is InChI=1S/C18H25BrN2O2/c1-17(2,3)23-16(22)21-9-7-18(8-10-21)11-13-12(15(18)20)5-4-6-14(13)19/h4-6,15H,7-11,20H2,1-3H3. The summed E-state index contributed by atoms with van der Waals surface area (Å²) in [4.78, 5) is 14.1. The highest BCUT2D eigenvalue weighted by molar-refractivity contribution is 9.10. The second-order valence-electron chi connectivity index (χ2n) is 7.79. The molecule has 1 aromatic rings. The number of carbonyl (C=O) groups is 1. The van der Waals surface area contributed by atoms with E-state index in [1.54, 1.807) is 0 Å². The number of rotatable bonds is 0. The molecule has 1 fully saturated rings. The van der Waals surface area contributed by atoms with Gasteiger partial charge in [0.25, 0.3) is 0 Å². The van der Waals surface area contributed by atoms with Gasteiger partial charge in [0.2, 0.25) is 0 Å². The highest BCUT2D eigenvalue weighted by Gasteiger charge is 2.47. The summed E-state index contributed by atoms with van der Waals surface area (Å²) < 4.78 is 6.63. The Hall–Kier alpha value is -1.07. The van der Waals surface area contributed by atoms with Gasteiger partial charge >= 0.3 is 6.09 Å². The zero-order valence-corrected chi connectivity index (χ0v) is 15.6. The lowest BCUT2D eigenvalue weighted by Crippen LogP contribution is -2.47. The summed E-state index contributed by atoms with van der Waals surface area (Å²) in [6.45, 7) is 7.13. The average molecular weight is 381 g/mol. The molecular formula is C18H25BrN2O2. The van der Waals surface area contributed by atoms with Crippen molar-refractivity contribution in [2.45, 2.75) is 51.7 Å². The molecule has 1 amide bonds. The number of amides is 1. The van der Waals surface area contributed by atoms with E-state index >= 15 is 0 Å². The van der Waals surface area contributed by atoms with Crippen LogP contribution in [0.25, 0.3) is 0 Å². The fourth-order valence-electron chi connectivity index (χ4n) is 3.79. The summed E-state index contributed by atoms with van der Waals surface area (Å²) in [5.41, 5.74) is 8.81. The normalized spacial score (nSPS) is 23.0. The number of nitrogens with zero attached hydrogens (tertiary/aromatic N) is 1. The van der Waals surface area contributed by atoms with Gasteiger partial charge in [-0.15, -0.1) is 0 Å². The molecule has 3 rings (SSSR count). The van der Waals surface area contributed by atoms with Crippen LogP contribution in [0.1, 0.15) is 50.8 Å². The highest BCUT2D eigenvalue weighted by atomic mass is 79.9. The summed E-state index contributed by atoms with van der Waals surface area (Å²) in [6.07, 6.45) is 2.63. The van der Waals surface area contributed by atoms with E-state index in [0.29, 0.717) is 13.1 Å². The number of likely N-dealkylation sites (tertiary alicyclic amines) is 1. The molecule has 1 aromatic carbocycles. The van der Waals surface area contributed by atoms with E-state index in [9.17, 15) is 4.79 Å². The van der Waals surface area contributed by atoms with Gasteiger partial charge in [-0.3, -0.25) is 0 Å². The maximum absolute atomic E-state index is 12.2. The van der Waals surface area contributed by atoms with Crippen LogP contribution in [0.15, 0.2) is 22.7 Å². The van der Waals surface area contributed by atoms with Crippen molar-refractivity contribution in [2.24, 2.45) is 11.1 Å². The minimum atomic E-state index is -0.447. The molecule has 1 atom stereocenters. The first-order chi connectivity index (χ1) is 10.7. The number of benzene rings is 1. The molecule has 1 unspecified atom stereocenters. The van der Waals surface area contributed by atoms with E-state index in [-0.39, 0.29) is 17.6 Å². The summed E-state index contributed by atoms with van der Waals surface area (Å²) in [7, 11) is 0. The van der Waals surface area contributed by atoms with Gasteiger partial charge in [0.15, 0.2) is 0 Å². The van der Waals surface area contributed by atoms with E-state index in [0.717, 1.165) is 23.7 Å². The molecule has 126 valence electrons. The molecule has 1 aliphatic carbocycles. The number of fused-ring (bicyclic) bond motifs is 1. The molecule has 1 spiro atoms. The van der Waals surface area contributed by atoms with Crippen LogP contribution >= 0.6 is 15.9 Å². The second kappa shape index (κ2) is 5.78. The Morgan fingerprint density at radius 1 is 1.35 bits per heavy atom. The number of piperidine rings is 1. The lowest BCUT2D eigenvalue weighted by atomic mass is 9.73. The minimum Gasteiger partial charge on any atom is -0.444 e. The maximum Gasteiger partial charge on any atom is 0.410 e. The van der Waals surface area contributed by atoms with Gasteiger partial charge in [-0.25, -0.2) is 4.79 Å². The van der Waals surface area contributed by atoms with Crippen molar-refractivity contribution < 1.29 is 9.53 Å². The van der Waals surface area contributed by atoms with Crippen molar-refractivity contribution in [3.63, 3.8) is 0 Å². The molecule has 0 radical (unpaired) electrons. The summed E-state index contributed by atoms with van der Waals surface area (Å²) in [5.74, 6) is 0. The van der Waals surface area contributed by atoms with Crippen molar-refractivity contribution >= 4 is 22.0 Å². The van der Waals surface area contributed by atoms with E-state index < -0.39 is 5.60 Å². The molecule has 23 heavy (non-hydrogen) atoms. The molecule has 1 saturated heterocycles. The predicted octanol–water partition coefficient (Wildman–Crippen LogP) is 4.02. The Morgan fingerprint density at radius 3 is 2.57 bits per heavy atom. The Morgan fingerprint density at radius 2 is 2.00 bits per heavy atom. The van der Waals surface area contributed by atoms with Crippen LogP contribution in [0.2, 0.25) is 0 Å². The molecule has 0 saturated carbocycles. The fourth-order valence-corrected chi connectivity index (χ4v) is 4.32. The monoisotopic (exact) mass is 380 g/mol. The molecule has 2 N–H and O–H groups in total.